The van der Waals surface area contributed by atoms with Crippen molar-refractivity contribution in [2.75, 3.05) is 19.7 Å². The van der Waals surface area contributed by atoms with Crippen LogP contribution in [0, 0.1) is 18.3 Å². The van der Waals surface area contributed by atoms with Crippen molar-refractivity contribution in [1.29, 1.82) is 5.26 Å². The van der Waals surface area contributed by atoms with Gasteiger partial charge < -0.3 is 9.67 Å². The van der Waals surface area contributed by atoms with Gasteiger partial charge >= 0.3 is 0 Å². The average molecular weight is 263 g/mol. The standard InChI is InChI=1S/C15H25N3O/c1-4-5-6-7-18(8-9-19)12-14-10-15(11-16)17(3)13(14)2/h10,19H,4-9,12H2,1-3H3. The lowest BCUT2D eigenvalue weighted by Gasteiger charge is -2.21. The third-order valence-electron chi connectivity index (χ3n) is 3.64. The van der Waals surface area contributed by atoms with Gasteiger partial charge in [-0.3, -0.25) is 4.90 Å². The van der Waals surface area contributed by atoms with Crippen molar-refractivity contribution in [3.05, 3.63) is 23.0 Å². The molecule has 1 aromatic rings. The van der Waals surface area contributed by atoms with Gasteiger partial charge in [0, 0.05) is 25.8 Å². The summed E-state index contributed by atoms with van der Waals surface area (Å²) >= 11 is 0. The Hall–Kier alpha value is -1.31. The van der Waals surface area contributed by atoms with Gasteiger partial charge in [0.1, 0.15) is 11.8 Å². The Balaban J connectivity index is 2.70. The van der Waals surface area contributed by atoms with Crippen LogP contribution in [0.15, 0.2) is 6.07 Å². The maximum Gasteiger partial charge on any atom is 0.120 e. The van der Waals surface area contributed by atoms with Crippen molar-refractivity contribution in [1.82, 2.24) is 9.47 Å². The van der Waals surface area contributed by atoms with Crippen LogP contribution >= 0.6 is 0 Å². The van der Waals surface area contributed by atoms with Gasteiger partial charge in [0.05, 0.1) is 6.61 Å². The zero-order chi connectivity index (χ0) is 14.3. The van der Waals surface area contributed by atoms with Crippen LogP contribution < -0.4 is 0 Å². The molecule has 0 spiro atoms. The SMILES string of the molecule is CCCCCN(CCO)Cc1cc(C#N)n(C)c1C. The maximum absolute atomic E-state index is 9.15. The van der Waals surface area contributed by atoms with Crippen molar-refractivity contribution in [3.8, 4) is 6.07 Å². The van der Waals surface area contributed by atoms with Gasteiger partial charge in [0.2, 0.25) is 0 Å². The second-order valence-corrected chi connectivity index (χ2v) is 5.02. The summed E-state index contributed by atoms with van der Waals surface area (Å²) in [4.78, 5) is 2.26. The molecule has 0 radical (unpaired) electrons. The highest BCUT2D eigenvalue weighted by Crippen LogP contribution is 2.16. The van der Waals surface area contributed by atoms with E-state index in [0.717, 1.165) is 25.2 Å². The summed E-state index contributed by atoms with van der Waals surface area (Å²) in [5, 5.41) is 18.2. The number of rotatable bonds is 8. The quantitative estimate of drug-likeness (QED) is 0.731. The van der Waals surface area contributed by atoms with Gasteiger partial charge in [0.25, 0.3) is 0 Å². The van der Waals surface area contributed by atoms with Gasteiger partial charge in [-0.2, -0.15) is 5.26 Å². The van der Waals surface area contributed by atoms with E-state index in [1.807, 2.05) is 24.6 Å². The minimum Gasteiger partial charge on any atom is -0.395 e. The molecule has 19 heavy (non-hydrogen) atoms. The second-order valence-electron chi connectivity index (χ2n) is 5.02. The summed E-state index contributed by atoms with van der Waals surface area (Å²) in [5.41, 5.74) is 3.02. The van der Waals surface area contributed by atoms with E-state index in [0.29, 0.717) is 12.2 Å². The Morgan fingerprint density at radius 1 is 1.37 bits per heavy atom. The first-order valence-electron chi connectivity index (χ1n) is 7.02. The highest BCUT2D eigenvalue weighted by atomic mass is 16.3. The molecule has 0 saturated heterocycles. The molecule has 4 heteroatoms. The van der Waals surface area contributed by atoms with Crippen LogP contribution in [-0.4, -0.2) is 34.3 Å². The molecular weight excluding hydrogens is 238 g/mol. The smallest absolute Gasteiger partial charge is 0.120 e. The molecule has 4 nitrogen and oxygen atoms in total. The molecule has 0 fully saturated rings. The molecule has 0 aliphatic heterocycles. The molecule has 0 aromatic carbocycles. The molecule has 0 aliphatic carbocycles. The first-order valence-corrected chi connectivity index (χ1v) is 7.02. The number of hydrogen-bond donors (Lipinski definition) is 1. The second kappa shape index (κ2) is 7.98. The van der Waals surface area contributed by atoms with Gasteiger partial charge in [0.15, 0.2) is 0 Å². The fourth-order valence-corrected chi connectivity index (χ4v) is 2.27. The number of aliphatic hydroxyl groups excluding tert-OH is 1. The van der Waals surface area contributed by atoms with Crippen molar-refractivity contribution in [2.45, 2.75) is 39.7 Å². The zero-order valence-electron chi connectivity index (χ0n) is 12.3. The van der Waals surface area contributed by atoms with Gasteiger partial charge in [-0.1, -0.05) is 19.8 Å². The van der Waals surface area contributed by atoms with Gasteiger partial charge in [-0.25, -0.2) is 0 Å². The third kappa shape index (κ3) is 4.38. The summed E-state index contributed by atoms with van der Waals surface area (Å²) < 4.78 is 1.93. The van der Waals surface area contributed by atoms with Crippen molar-refractivity contribution < 1.29 is 5.11 Å². The largest absolute Gasteiger partial charge is 0.395 e. The molecule has 0 bridgehead atoms. The Kier molecular flexibility index (Phi) is 6.61. The summed E-state index contributed by atoms with van der Waals surface area (Å²) in [5.74, 6) is 0. The summed E-state index contributed by atoms with van der Waals surface area (Å²) in [7, 11) is 1.92. The van der Waals surface area contributed by atoms with Gasteiger partial charge in [-0.05, 0) is 31.5 Å². The molecule has 0 atom stereocenters. The maximum atomic E-state index is 9.15. The fraction of sp³-hybridized carbons (Fsp3) is 0.667. The van der Waals surface area contributed by atoms with E-state index < -0.39 is 0 Å². The minimum atomic E-state index is 0.184. The normalized spacial score (nSPS) is 10.9. The van der Waals surface area contributed by atoms with E-state index in [1.165, 1.54) is 18.4 Å². The molecule has 1 aromatic heterocycles. The highest BCUT2D eigenvalue weighted by Gasteiger charge is 2.12. The predicted molar refractivity (Wildman–Crippen MR) is 76.8 cm³/mol. The Bertz CT molecular complexity index is 431. The van der Waals surface area contributed by atoms with E-state index in [-0.39, 0.29) is 6.61 Å². The number of aromatic nitrogens is 1. The van der Waals surface area contributed by atoms with Gasteiger partial charge in [-0.15, -0.1) is 0 Å². The first-order chi connectivity index (χ1) is 9.13. The van der Waals surface area contributed by atoms with Crippen molar-refractivity contribution in [2.24, 2.45) is 7.05 Å². The topological polar surface area (TPSA) is 52.2 Å². The molecule has 0 unspecified atom stereocenters. The number of aliphatic hydroxyl groups is 1. The molecule has 0 amide bonds. The first kappa shape index (κ1) is 15.7. The molecule has 106 valence electrons. The Morgan fingerprint density at radius 3 is 2.63 bits per heavy atom. The van der Waals surface area contributed by atoms with E-state index in [1.54, 1.807) is 0 Å². The number of hydrogen-bond acceptors (Lipinski definition) is 3. The van der Waals surface area contributed by atoms with Crippen LogP contribution in [0.5, 0.6) is 0 Å². The molecule has 1 heterocycles. The number of nitriles is 1. The summed E-state index contributed by atoms with van der Waals surface area (Å²) in [6.45, 7) is 6.93. The van der Waals surface area contributed by atoms with Crippen LogP contribution in [0.2, 0.25) is 0 Å². The fourth-order valence-electron chi connectivity index (χ4n) is 2.27. The number of unbranched alkanes of at least 4 members (excludes halogenated alkanes) is 2. The zero-order valence-corrected chi connectivity index (χ0v) is 12.3. The molecule has 1 rings (SSSR count). The van der Waals surface area contributed by atoms with Crippen LogP contribution in [0.25, 0.3) is 0 Å². The average Bonchev–Trinajstić information content (AvgIpc) is 2.67. The highest BCUT2D eigenvalue weighted by molar-refractivity contribution is 5.34. The number of nitrogens with zero attached hydrogens (tertiary/aromatic N) is 3. The van der Waals surface area contributed by atoms with E-state index in [2.05, 4.69) is 17.9 Å². The third-order valence-corrected chi connectivity index (χ3v) is 3.64. The van der Waals surface area contributed by atoms with Crippen LogP contribution in [0.4, 0.5) is 0 Å². The minimum absolute atomic E-state index is 0.184. The van der Waals surface area contributed by atoms with Crippen molar-refractivity contribution in [3.63, 3.8) is 0 Å². The van der Waals surface area contributed by atoms with E-state index in [9.17, 15) is 0 Å². The van der Waals surface area contributed by atoms with E-state index >= 15 is 0 Å². The lowest BCUT2D eigenvalue weighted by Crippen LogP contribution is -2.27. The predicted octanol–water partition coefficient (Wildman–Crippen LogP) is 2.19. The molecule has 1 N–H and O–H groups in total. The lowest BCUT2D eigenvalue weighted by molar-refractivity contribution is 0.187. The monoisotopic (exact) mass is 263 g/mol. The Labute approximate surface area is 116 Å². The summed E-state index contributed by atoms with van der Waals surface area (Å²) in [6, 6.07) is 4.17. The van der Waals surface area contributed by atoms with Crippen LogP contribution in [-0.2, 0) is 13.6 Å². The van der Waals surface area contributed by atoms with Crippen LogP contribution in [0.1, 0.15) is 43.1 Å². The van der Waals surface area contributed by atoms with Crippen molar-refractivity contribution >= 4 is 0 Å². The Morgan fingerprint density at radius 2 is 2.11 bits per heavy atom. The molecule has 0 saturated carbocycles. The van der Waals surface area contributed by atoms with Crippen LogP contribution in [0.3, 0.4) is 0 Å². The molecular formula is C15H25N3O. The molecule has 0 aliphatic rings. The van der Waals surface area contributed by atoms with E-state index in [4.69, 9.17) is 10.4 Å². The summed E-state index contributed by atoms with van der Waals surface area (Å²) in [6.07, 6.45) is 3.59. The lowest BCUT2D eigenvalue weighted by atomic mass is 10.2.